The van der Waals surface area contributed by atoms with Crippen molar-refractivity contribution in [3.05, 3.63) is 33.5 Å². The number of hydrogen-bond acceptors (Lipinski definition) is 7. The predicted octanol–water partition coefficient (Wildman–Crippen LogP) is 2.30. The number of nitro groups is 1. The lowest BCUT2D eigenvalue weighted by atomic mass is 10.4. The highest BCUT2D eigenvalue weighted by atomic mass is 32.2. The summed E-state index contributed by atoms with van der Waals surface area (Å²) in [6.45, 7) is 1.87. The Bertz CT molecular complexity index is 511. The molecule has 0 saturated heterocycles. The van der Waals surface area contributed by atoms with Crippen molar-refractivity contribution in [1.29, 1.82) is 0 Å². The third-order valence-electron chi connectivity index (χ3n) is 1.63. The van der Waals surface area contributed by atoms with E-state index in [0.717, 1.165) is 9.35 Å². The van der Waals surface area contributed by atoms with Gasteiger partial charge in [-0.1, -0.05) is 11.3 Å². The van der Waals surface area contributed by atoms with Crippen LogP contribution in [0.5, 0.6) is 0 Å². The van der Waals surface area contributed by atoms with Crippen molar-refractivity contribution < 1.29 is 4.92 Å². The summed E-state index contributed by atoms with van der Waals surface area (Å²) in [6, 6.07) is 3.02. The van der Waals surface area contributed by atoms with Gasteiger partial charge in [-0.25, -0.2) is 4.98 Å². The molecule has 0 bridgehead atoms. The zero-order valence-electron chi connectivity index (χ0n) is 8.15. The Hall–Kier alpha value is -1.54. The zero-order valence-corrected chi connectivity index (χ0v) is 9.79. The second-order valence-electron chi connectivity index (χ2n) is 2.80. The quantitative estimate of drug-likeness (QED) is 0.617. The topological polar surface area (TPSA) is 81.8 Å². The summed E-state index contributed by atoms with van der Waals surface area (Å²) >= 11 is 2.80. The maximum Gasteiger partial charge on any atom is 0.287 e. The Balaban J connectivity index is 2.14. The standard InChI is InChI=1S/C8H6N4O2S2/c1-5-10-11-8(15-5)16-7-3-2-6(4-9-7)12(13)14/h2-4H,1H3. The molecule has 2 aromatic heterocycles. The van der Waals surface area contributed by atoms with Gasteiger partial charge >= 0.3 is 0 Å². The van der Waals surface area contributed by atoms with Crippen molar-refractivity contribution in [1.82, 2.24) is 15.2 Å². The third kappa shape index (κ3) is 2.52. The first-order chi connectivity index (χ1) is 7.65. The van der Waals surface area contributed by atoms with Gasteiger partial charge in [0.2, 0.25) is 0 Å². The van der Waals surface area contributed by atoms with E-state index in [9.17, 15) is 10.1 Å². The molecule has 0 aliphatic carbocycles. The Morgan fingerprint density at radius 2 is 2.25 bits per heavy atom. The van der Waals surface area contributed by atoms with Crippen molar-refractivity contribution in [3.63, 3.8) is 0 Å². The fraction of sp³-hybridized carbons (Fsp3) is 0.125. The van der Waals surface area contributed by atoms with Gasteiger partial charge in [-0.3, -0.25) is 10.1 Å². The minimum atomic E-state index is -0.476. The van der Waals surface area contributed by atoms with Crippen LogP contribution in [0.2, 0.25) is 0 Å². The van der Waals surface area contributed by atoms with Crippen LogP contribution in [0.3, 0.4) is 0 Å². The monoisotopic (exact) mass is 254 g/mol. The average Bonchev–Trinajstić information content (AvgIpc) is 2.65. The summed E-state index contributed by atoms with van der Waals surface area (Å²) in [5.41, 5.74) is -0.0159. The predicted molar refractivity (Wildman–Crippen MR) is 59.7 cm³/mol. The van der Waals surface area contributed by atoms with Gasteiger partial charge in [0.1, 0.15) is 16.2 Å². The fourth-order valence-corrected chi connectivity index (χ4v) is 2.65. The number of nitrogens with zero attached hydrogens (tertiary/aromatic N) is 4. The minimum Gasteiger partial charge on any atom is -0.258 e. The van der Waals surface area contributed by atoms with E-state index in [1.165, 1.54) is 35.4 Å². The maximum absolute atomic E-state index is 10.4. The van der Waals surface area contributed by atoms with Crippen LogP contribution in [0.25, 0.3) is 0 Å². The molecule has 16 heavy (non-hydrogen) atoms. The zero-order chi connectivity index (χ0) is 11.5. The second kappa shape index (κ2) is 4.54. The van der Waals surface area contributed by atoms with Crippen molar-refractivity contribution in [3.8, 4) is 0 Å². The van der Waals surface area contributed by atoms with Crippen LogP contribution in [0.1, 0.15) is 5.01 Å². The number of pyridine rings is 1. The highest BCUT2D eigenvalue weighted by molar-refractivity contribution is 8.01. The molecule has 0 amide bonds. The van der Waals surface area contributed by atoms with Crippen LogP contribution in [0.4, 0.5) is 5.69 Å². The van der Waals surface area contributed by atoms with Gasteiger partial charge in [0.05, 0.1) is 4.92 Å². The first kappa shape index (κ1) is 11.0. The van der Waals surface area contributed by atoms with Gasteiger partial charge in [-0.15, -0.1) is 10.2 Å². The number of hydrogen-bond donors (Lipinski definition) is 0. The van der Waals surface area contributed by atoms with Gasteiger partial charge in [0.25, 0.3) is 5.69 Å². The molecule has 0 aromatic carbocycles. The molecule has 2 heterocycles. The first-order valence-corrected chi connectivity index (χ1v) is 5.87. The summed E-state index contributed by atoms with van der Waals surface area (Å²) in [6.07, 6.45) is 1.23. The molecule has 2 aromatic rings. The van der Waals surface area contributed by atoms with E-state index in [-0.39, 0.29) is 5.69 Å². The molecule has 6 nitrogen and oxygen atoms in total. The number of aromatic nitrogens is 3. The smallest absolute Gasteiger partial charge is 0.258 e. The summed E-state index contributed by atoms with van der Waals surface area (Å²) < 4.78 is 0.777. The van der Waals surface area contributed by atoms with Crippen LogP contribution in [-0.2, 0) is 0 Å². The highest BCUT2D eigenvalue weighted by Crippen LogP contribution is 2.28. The lowest BCUT2D eigenvalue weighted by Crippen LogP contribution is -1.89. The molecule has 0 N–H and O–H groups in total. The van der Waals surface area contributed by atoms with Crippen molar-refractivity contribution in [2.75, 3.05) is 0 Å². The summed E-state index contributed by atoms with van der Waals surface area (Å²) in [4.78, 5) is 13.9. The van der Waals surface area contributed by atoms with Crippen molar-refractivity contribution >= 4 is 28.8 Å². The lowest BCUT2D eigenvalue weighted by molar-refractivity contribution is -0.385. The largest absolute Gasteiger partial charge is 0.287 e. The minimum absolute atomic E-state index is 0.0159. The molecule has 82 valence electrons. The Kier molecular flexibility index (Phi) is 3.11. The van der Waals surface area contributed by atoms with Crippen molar-refractivity contribution in [2.45, 2.75) is 16.3 Å². The Morgan fingerprint density at radius 3 is 2.75 bits per heavy atom. The van der Waals surface area contributed by atoms with Gasteiger partial charge in [0, 0.05) is 6.07 Å². The molecule has 0 radical (unpaired) electrons. The lowest BCUT2D eigenvalue weighted by Gasteiger charge is -1.94. The van der Waals surface area contributed by atoms with E-state index in [4.69, 9.17) is 0 Å². The number of aryl methyl sites for hydroxylation is 1. The van der Waals surface area contributed by atoms with E-state index in [1.807, 2.05) is 6.92 Å². The molecule has 0 saturated carbocycles. The van der Waals surface area contributed by atoms with Crippen molar-refractivity contribution in [2.24, 2.45) is 0 Å². The van der Waals surface area contributed by atoms with Gasteiger partial charge in [-0.2, -0.15) is 0 Å². The number of rotatable bonds is 3. The molecular formula is C8H6N4O2S2. The van der Waals surface area contributed by atoms with Gasteiger partial charge in [0.15, 0.2) is 4.34 Å². The molecule has 2 rings (SSSR count). The summed E-state index contributed by atoms with van der Waals surface area (Å²) in [5, 5.41) is 19.8. The third-order valence-corrected chi connectivity index (χ3v) is 3.47. The van der Waals surface area contributed by atoms with Crippen LogP contribution >= 0.6 is 23.1 Å². The van der Waals surface area contributed by atoms with Crippen LogP contribution in [0, 0.1) is 17.0 Å². The fourth-order valence-electron chi connectivity index (χ4n) is 0.950. The molecule has 0 aliphatic rings. The van der Waals surface area contributed by atoms with Gasteiger partial charge in [-0.05, 0) is 24.8 Å². The summed E-state index contributed by atoms with van der Waals surface area (Å²) in [5.74, 6) is 0. The molecule has 0 spiro atoms. The van der Waals surface area contributed by atoms with Crippen LogP contribution < -0.4 is 0 Å². The molecule has 0 unspecified atom stereocenters. The van der Waals surface area contributed by atoms with E-state index >= 15 is 0 Å². The molecular weight excluding hydrogens is 248 g/mol. The SMILES string of the molecule is Cc1nnc(Sc2ccc([N+](=O)[O-])cn2)s1. The Labute approximate surface area is 98.9 Å². The van der Waals surface area contributed by atoms with Crippen LogP contribution in [0.15, 0.2) is 27.7 Å². The average molecular weight is 254 g/mol. The van der Waals surface area contributed by atoms with E-state index < -0.39 is 4.92 Å². The molecule has 0 fully saturated rings. The summed E-state index contributed by atoms with van der Waals surface area (Å²) in [7, 11) is 0. The molecule has 0 atom stereocenters. The van der Waals surface area contributed by atoms with E-state index in [1.54, 1.807) is 6.07 Å². The molecule has 8 heteroatoms. The normalized spacial score (nSPS) is 10.3. The van der Waals surface area contributed by atoms with Crippen LogP contribution in [-0.4, -0.2) is 20.1 Å². The van der Waals surface area contributed by atoms with Gasteiger partial charge < -0.3 is 0 Å². The first-order valence-electron chi connectivity index (χ1n) is 4.23. The second-order valence-corrected chi connectivity index (χ2v) is 5.25. The molecule has 0 aliphatic heterocycles. The van der Waals surface area contributed by atoms with E-state index in [2.05, 4.69) is 15.2 Å². The Morgan fingerprint density at radius 1 is 1.44 bits per heavy atom. The highest BCUT2D eigenvalue weighted by Gasteiger charge is 2.08. The maximum atomic E-state index is 10.4. The van der Waals surface area contributed by atoms with E-state index in [0.29, 0.717) is 5.03 Å².